The summed E-state index contributed by atoms with van der Waals surface area (Å²) < 4.78 is 19.8. The van der Waals surface area contributed by atoms with E-state index in [9.17, 15) is 9.18 Å². The third kappa shape index (κ3) is 3.62. The Labute approximate surface area is 138 Å². The molecule has 1 aliphatic heterocycles. The van der Waals surface area contributed by atoms with Crippen molar-refractivity contribution in [1.82, 2.24) is 9.88 Å². The average Bonchev–Trinajstić information content (AvgIpc) is 2.56. The maximum absolute atomic E-state index is 13.9. The second-order valence-electron chi connectivity index (χ2n) is 5.41. The Hall–Kier alpha value is -2.14. The fourth-order valence-electron chi connectivity index (χ4n) is 2.69. The topological polar surface area (TPSA) is 42.4 Å². The summed E-state index contributed by atoms with van der Waals surface area (Å²) in [4.78, 5) is 18.1. The number of halogens is 2. The van der Waals surface area contributed by atoms with Crippen LogP contribution in [0.1, 0.15) is 23.2 Å². The number of ether oxygens (including phenoxy) is 1. The summed E-state index contributed by atoms with van der Waals surface area (Å²) in [6, 6.07) is 7.80. The number of carbonyl (C=O) groups excluding carboxylic acids is 1. The minimum atomic E-state index is -0.598. The van der Waals surface area contributed by atoms with Crippen molar-refractivity contribution in [3.8, 4) is 5.75 Å². The average molecular weight is 335 g/mol. The van der Waals surface area contributed by atoms with Gasteiger partial charge < -0.3 is 9.64 Å². The van der Waals surface area contributed by atoms with Crippen LogP contribution in [0.25, 0.3) is 0 Å². The largest absolute Gasteiger partial charge is 0.488 e. The number of aromatic nitrogens is 1. The molecule has 0 saturated carbocycles. The molecule has 1 aromatic carbocycles. The second-order valence-corrected chi connectivity index (χ2v) is 5.82. The Bertz CT molecular complexity index is 676. The summed E-state index contributed by atoms with van der Waals surface area (Å²) in [5.74, 6) is -0.279. The van der Waals surface area contributed by atoms with Gasteiger partial charge in [0.25, 0.3) is 5.91 Å². The van der Waals surface area contributed by atoms with Gasteiger partial charge in [0.15, 0.2) is 0 Å². The summed E-state index contributed by atoms with van der Waals surface area (Å²) >= 11 is 5.98. The van der Waals surface area contributed by atoms with Gasteiger partial charge in [0, 0.05) is 18.9 Å². The maximum Gasteiger partial charge on any atom is 0.258 e. The predicted octanol–water partition coefficient (Wildman–Crippen LogP) is 3.56. The van der Waals surface area contributed by atoms with Gasteiger partial charge in [0.2, 0.25) is 0 Å². The predicted molar refractivity (Wildman–Crippen MR) is 85.2 cm³/mol. The first kappa shape index (κ1) is 15.7. The van der Waals surface area contributed by atoms with Gasteiger partial charge in [0.1, 0.15) is 17.7 Å². The molecule has 0 spiro atoms. The minimum Gasteiger partial charge on any atom is -0.488 e. The second kappa shape index (κ2) is 6.96. The van der Waals surface area contributed by atoms with Crippen molar-refractivity contribution in [3.05, 3.63) is 59.1 Å². The maximum atomic E-state index is 13.9. The van der Waals surface area contributed by atoms with Crippen LogP contribution in [0.4, 0.5) is 4.39 Å². The Morgan fingerprint density at radius 2 is 2.09 bits per heavy atom. The molecular weight excluding hydrogens is 319 g/mol. The van der Waals surface area contributed by atoms with Crippen molar-refractivity contribution in [2.45, 2.75) is 18.9 Å². The zero-order chi connectivity index (χ0) is 16.2. The van der Waals surface area contributed by atoms with Crippen LogP contribution in [-0.2, 0) is 0 Å². The molecule has 0 bridgehead atoms. The fourth-order valence-corrected chi connectivity index (χ4v) is 2.93. The van der Waals surface area contributed by atoms with Crippen LogP contribution in [0.3, 0.4) is 0 Å². The number of likely N-dealkylation sites (tertiary alicyclic amines) is 1. The highest BCUT2D eigenvalue weighted by Crippen LogP contribution is 2.24. The lowest BCUT2D eigenvalue weighted by Crippen LogP contribution is -2.44. The SMILES string of the molecule is O=C(c1c(F)cccc1Cl)N1CCC[C@@H](Oc2ccncc2)C1. The zero-order valence-electron chi connectivity index (χ0n) is 12.4. The van der Waals surface area contributed by atoms with E-state index in [0.29, 0.717) is 18.8 Å². The Balaban J connectivity index is 1.72. The lowest BCUT2D eigenvalue weighted by Gasteiger charge is -2.33. The van der Waals surface area contributed by atoms with Gasteiger partial charge in [-0.3, -0.25) is 9.78 Å². The Kier molecular flexibility index (Phi) is 4.76. The fraction of sp³-hybridized carbons (Fsp3) is 0.294. The molecule has 6 heteroatoms. The quantitative estimate of drug-likeness (QED) is 0.862. The van der Waals surface area contributed by atoms with Crippen molar-refractivity contribution >= 4 is 17.5 Å². The summed E-state index contributed by atoms with van der Waals surface area (Å²) in [6.45, 7) is 0.978. The summed E-state index contributed by atoms with van der Waals surface area (Å²) in [5.41, 5.74) is -0.0706. The number of hydrogen-bond acceptors (Lipinski definition) is 3. The van der Waals surface area contributed by atoms with Gasteiger partial charge in [-0.25, -0.2) is 4.39 Å². The van der Waals surface area contributed by atoms with E-state index in [1.54, 1.807) is 29.4 Å². The third-order valence-corrected chi connectivity index (χ3v) is 4.11. The zero-order valence-corrected chi connectivity index (χ0v) is 13.2. The molecule has 2 aromatic rings. The number of hydrogen-bond donors (Lipinski definition) is 0. The number of carbonyl (C=O) groups is 1. The van der Waals surface area contributed by atoms with Crippen LogP contribution in [0.5, 0.6) is 5.75 Å². The molecule has 1 amide bonds. The highest BCUT2D eigenvalue weighted by Gasteiger charge is 2.28. The number of rotatable bonds is 3. The van der Waals surface area contributed by atoms with Gasteiger partial charge in [0.05, 0.1) is 17.1 Å². The van der Waals surface area contributed by atoms with Crippen molar-refractivity contribution in [2.75, 3.05) is 13.1 Å². The van der Waals surface area contributed by atoms with Crippen molar-refractivity contribution in [2.24, 2.45) is 0 Å². The van der Waals surface area contributed by atoms with E-state index in [2.05, 4.69) is 4.98 Å². The molecular formula is C17H16ClFN2O2. The lowest BCUT2D eigenvalue weighted by molar-refractivity contribution is 0.0533. The number of piperidine rings is 1. The minimum absolute atomic E-state index is 0.0706. The highest BCUT2D eigenvalue weighted by atomic mass is 35.5. The molecule has 4 nitrogen and oxygen atoms in total. The monoisotopic (exact) mass is 334 g/mol. The first-order valence-corrected chi connectivity index (χ1v) is 7.83. The van der Waals surface area contributed by atoms with E-state index in [-0.39, 0.29) is 16.7 Å². The van der Waals surface area contributed by atoms with Crippen molar-refractivity contribution in [3.63, 3.8) is 0 Å². The van der Waals surface area contributed by atoms with E-state index in [0.717, 1.165) is 12.8 Å². The van der Waals surface area contributed by atoms with Crippen molar-refractivity contribution < 1.29 is 13.9 Å². The molecule has 3 rings (SSSR count). The number of benzene rings is 1. The van der Waals surface area contributed by atoms with Crippen molar-refractivity contribution in [1.29, 1.82) is 0 Å². The normalized spacial score (nSPS) is 17.8. The molecule has 0 N–H and O–H groups in total. The standard InChI is InChI=1S/C17H16ClFN2O2/c18-14-4-1-5-15(19)16(14)17(22)21-10-2-3-13(11-21)23-12-6-8-20-9-7-12/h1,4-9,13H,2-3,10-11H2/t13-/m1/s1. The molecule has 1 aromatic heterocycles. The summed E-state index contributed by atoms with van der Waals surface area (Å²) in [6.07, 6.45) is 4.83. The van der Waals surface area contributed by atoms with E-state index >= 15 is 0 Å². The molecule has 1 atom stereocenters. The van der Waals surface area contributed by atoms with Crippen LogP contribution in [-0.4, -0.2) is 35.0 Å². The molecule has 2 heterocycles. The number of amides is 1. The molecule has 1 aliphatic rings. The van der Waals surface area contributed by atoms with E-state index < -0.39 is 11.7 Å². The van der Waals surface area contributed by atoms with Crippen LogP contribution in [0, 0.1) is 5.82 Å². The molecule has 0 unspecified atom stereocenters. The molecule has 120 valence electrons. The van der Waals surface area contributed by atoms with Crippen LogP contribution < -0.4 is 4.74 Å². The molecule has 1 saturated heterocycles. The summed E-state index contributed by atoms with van der Waals surface area (Å²) in [7, 11) is 0. The van der Waals surface area contributed by atoms with E-state index in [1.165, 1.54) is 18.2 Å². The van der Waals surface area contributed by atoms with Gasteiger partial charge >= 0.3 is 0 Å². The Morgan fingerprint density at radius 1 is 1.30 bits per heavy atom. The molecule has 1 fully saturated rings. The summed E-state index contributed by atoms with van der Waals surface area (Å²) in [5, 5.41) is 0.132. The van der Waals surface area contributed by atoms with Crippen LogP contribution in [0.15, 0.2) is 42.7 Å². The molecule has 23 heavy (non-hydrogen) atoms. The van der Waals surface area contributed by atoms with Gasteiger partial charge in [-0.1, -0.05) is 17.7 Å². The first-order chi connectivity index (χ1) is 11.1. The number of pyridine rings is 1. The molecule has 0 radical (unpaired) electrons. The van der Waals surface area contributed by atoms with Gasteiger partial charge in [-0.05, 0) is 37.1 Å². The van der Waals surface area contributed by atoms with E-state index in [4.69, 9.17) is 16.3 Å². The first-order valence-electron chi connectivity index (χ1n) is 7.45. The highest BCUT2D eigenvalue weighted by molar-refractivity contribution is 6.33. The van der Waals surface area contributed by atoms with Crippen LogP contribution in [0.2, 0.25) is 5.02 Å². The van der Waals surface area contributed by atoms with Gasteiger partial charge in [-0.15, -0.1) is 0 Å². The lowest BCUT2D eigenvalue weighted by atomic mass is 10.1. The molecule has 0 aliphatic carbocycles. The number of nitrogens with zero attached hydrogens (tertiary/aromatic N) is 2. The smallest absolute Gasteiger partial charge is 0.258 e. The third-order valence-electron chi connectivity index (χ3n) is 3.79. The van der Waals surface area contributed by atoms with E-state index in [1.807, 2.05) is 0 Å². The van der Waals surface area contributed by atoms with Gasteiger partial charge in [-0.2, -0.15) is 0 Å². The Morgan fingerprint density at radius 3 is 2.83 bits per heavy atom. The van der Waals surface area contributed by atoms with Crippen LogP contribution >= 0.6 is 11.6 Å².